The van der Waals surface area contributed by atoms with Crippen LogP contribution in [0.4, 0.5) is 0 Å². The van der Waals surface area contributed by atoms with Crippen LogP contribution in [0.15, 0.2) is 30.3 Å². The van der Waals surface area contributed by atoms with Crippen LogP contribution in [0.1, 0.15) is 26.3 Å². The number of carbonyl (C=O) groups excluding carboxylic acids is 1. The third-order valence-electron chi connectivity index (χ3n) is 3.90. The summed E-state index contributed by atoms with van der Waals surface area (Å²) >= 11 is 12.2. The molecule has 0 heterocycles. The molecule has 1 fully saturated rings. The van der Waals surface area contributed by atoms with E-state index >= 15 is 0 Å². The number of carbonyl (C=O) groups is 1. The third kappa shape index (κ3) is 3.02. The Morgan fingerprint density at radius 1 is 1.35 bits per heavy atom. The van der Waals surface area contributed by atoms with E-state index in [1.165, 1.54) is 0 Å². The largest absolute Gasteiger partial charge is 0.466 e. The molecule has 1 aromatic rings. The van der Waals surface area contributed by atoms with Crippen LogP contribution in [-0.4, -0.2) is 12.6 Å². The molecule has 1 aliphatic rings. The number of hydrogen-bond acceptors (Lipinski definition) is 2. The van der Waals surface area contributed by atoms with E-state index in [1.807, 2.05) is 25.1 Å². The van der Waals surface area contributed by atoms with Gasteiger partial charge in [-0.15, -0.1) is 0 Å². The molecule has 0 saturated heterocycles. The monoisotopic (exact) mass is 312 g/mol. The highest BCUT2D eigenvalue weighted by Crippen LogP contribution is 2.60. The molecule has 1 aromatic carbocycles. The predicted octanol–water partition coefficient (Wildman–Crippen LogP) is 4.76. The number of allylic oxidation sites excluding steroid dienone is 1. The van der Waals surface area contributed by atoms with E-state index in [9.17, 15) is 4.79 Å². The van der Waals surface area contributed by atoms with Crippen molar-refractivity contribution in [3.05, 3.63) is 40.9 Å². The second kappa shape index (κ2) is 5.79. The van der Waals surface area contributed by atoms with Crippen molar-refractivity contribution in [2.24, 2.45) is 17.3 Å². The standard InChI is InChI=1S/C16H18Cl2O2/c1-4-20-15(19)14-12(16(14,2)3)9-13(18)10-5-7-11(17)8-6-10/h5-9,12,14H,4H2,1-3H3. The molecule has 4 heteroatoms. The van der Waals surface area contributed by atoms with E-state index in [0.717, 1.165) is 5.56 Å². The van der Waals surface area contributed by atoms with Crippen molar-refractivity contribution in [3.63, 3.8) is 0 Å². The Hall–Kier alpha value is -0.990. The number of hydrogen-bond donors (Lipinski definition) is 0. The summed E-state index contributed by atoms with van der Waals surface area (Å²) in [5.41, 5.74) is 0.806. The quantitative estimate of drug-likeness (QED) is 0.750. The Labute approximate surface area is 129 Å². The van der Waals surface area contributed by atoms with Crippen molar-refractivity contribution in [1.82, 2.24) is 0 Å². The fourth-order valence-corrected chi connectivity index (χ4v) is 2.92. The van der Waals surface area contributed by atoms with Crippen LogP contribution in [-0.2, 0) is 9.53 Å². The van der Waals surface area contributed by atoms with E-state index in [4.69, 9.17) is 27.9 Å². The minimum absolute atomic E-state index is 0.0984. The van der Waals surface area contributed by atoms with Crippen molar-refractivity contribution in [2.45, 2.75) is 20.8 Å². The molecule has 20 heavy (non-hydrogen) atoms. The zero-order valence-corrected chi connectivity index (χ0v) is 13.3. The molecule has 2 atom stereocenters. The predicted molar refractivity (Wildman–Crippen MR) is 82.7 cm³/mol. The summed E-state index contributed by atoms with van der Waals surface area (Å²) in [4.78, 5) is 11.9. The summed E-state index contributed by atoms with van der Waals surface area (Å²) in [6.07, 6.45) is 1.95. The minimum Gasteiger partial charge on any atom is -0.466 e. The molecule has 0 aromatic heterocycles. The third-order valence-corrected chi connectivity index (χ3v) is 4.49. The molecule has 0 N–H and O–H groups in total. The number of esters is 1. The Kier molecular flexibility index (Phi) is 4.46. The smallest absolute Gasteiger partial charge is 0.310 e. The Morgan fingerprint density at radius 2 is 1.95 bits per heavy atom. The molecule has 1 aliphatic carbocycles. The van der Waals surface area contributed by atoms with E-state index in [1.54, 1.807) is 12.1 Å². The van der Waals surface area contributed by atoms with Gasteiger partial charge >= 0.3 is 5.97 Å². The van der Waals surface area contributed by atoms with Gasteiger partial charge in [-0.1, -0.05) is 55.3 Å². The molecule has 2 nitrogen and oxygen atoms in total. The molecular weight excluding hydrogens is 295 g/mol. The first-order chi connectivity index (χ1) is 9.37. The lowest BCUT2D eigenvalue weighted by Crippen LogP contribution is -2.10. The van der Waals surface area contributed by atoms with Gasteiger partial charge < -0.3 is 4.74 Å². The number of halogens is 2. The summed E-state index contributed by atoms with van der Waals surface area (Å²) in [5, 5.41) is 1.32. The average Bonchev–Trinajstić information content (AvgIpc) is 2.92. The molecule has 2 unspecified atom stereocenters. The molecule has 0 aliphatic heterocycles. The molecule has 0 radical (unpaired) electrons. The Bertz CT molecular complexity index is 532. The second-order valence-electron chi connectivity index (χ2n) is 5.60. The minimum atomic E-state index is -0.140. The van der Waals surface area contributed by atoms with Crippen LogP contribution in [0.3, 0.4) is 0 Å². The molecule has 0 amide bonds. The second-order valence-corrected chi connectivity index (χ2v) is 6.44. The van der Waals surface area contributed by atoms with Crippen LogP contribution < -0.4 is 0 Å². The summed E-state index contributed by atoms with van der Waals surface area (Å²) in [5.74, 6) is -0.132. The number of benzene rings is 1. The van der Waals surface area contributed by atoms with E-state index in [0.29, 0.717) is 16.7 Å². The van der Waals surface area contributed by atoms with Crippen LogP contribution in [0, 0.1) is 17.3 Å². The lowest BCUT2D eigenvalue weighted by Gasteiger charge is -2.01. The van der Waals surface area contributed by atoms with Gasteiger partial charge in [0.2, 0.25) is 0 Å². The first kappa shape index (κ1) is 15.4. The van der Waals surface area contributed by atoms with Gasteiger partial charge in [0.15, 0.2) is 0 Å². The Balaban J connectivity index is 2.14. The first-order valence-corrected chi connectivity index (χ1v) is 7.43. The molecule has 1 saturated carbocycles. The van der Waals surface area contributed by atoms with Gasteiger partial charge in [0, 0.05) is 10.1 Å². The first-order valence-electron chi connectivity index (χ1n) is 6.67. The van der Waals surface area contributed by atoms with Gasteiger partial charge in [0.25, 0.3) is 0 Å². The van der Waals surface area contributed by atoms with Gasteiger partial charge in [-0.05, 0) is 36.0 Å². The maximum Gasteiger partial charge on any atom is 0.310 e. The highest BCUT2D eigenvalue weighted by atomic mass is 35.5. The zero-order chi connectivity index (χ0) is 14.9. The van der Waals surface area contributed by atoms with Crippen LogP contribution in [0.25, 0.3) is 5.03 Å². The lowest BCUT2D eigenvalue weighted by molar-refractivity contribution is -0.145. The summed E-state index contributed by atoms with van der Waals surface area (Å²) < 4.78 is 5.11. The van der Waals surface area contributed by atoms with Gasteiger partial charge in [-0.3, -0.25) is 4.79 Å². The van der Waals surface area contributed by atoms with Gasteiger partial charge in [0.1, 0.15) is 0 Å². The van der Waals surface area contributed by atoms with Crippen LogP contribution >= 0.6 is 23.2 Å². The van der Waals surface area contributed by atoms with Crippen molar-refractivity contribution >= 4 is 34.2 Å². The molecule has 0 spiro atoms. The lowest BCUT2D eigenvalue weighted by atomic mass is 10.1. The van der Waals surface area contributed by atoms with Crippen molar-refractivity contribution in [2.75, 3.05) is 6.61 Å². The summed E-state index contributed by atoms with van der Waals surface area (Å²) in [6, 6.07) is 7.34. The highest BCUT2D eigenvalue weighted by molar-refractivity contribution is 6.48. The van der Waals surface area contributed by atoms with E-state index in [2.05, 4.69) is 13.8 Å². The van der Waals surface area contributed by atoms with Gasteiger partial charge in [0.05, 0.1) is 12.5 Å². The van der Waals surface area contributed by atoms with Crippen LogP contribution in [0.2, 0.25) is 5.02 Å². The Morgan fingerprint density at radius 3 is 2.50 bits per heavy atom. The van der Waals surface area contributed by atoms with Crippen molar-refractivity contribution < 1.29 is 9.53 Å². The normalized spacial score (nSPS) is 24.4. The topological polar surface area (TPSA) is 26.3 Å². The van der Waals surface area contributed by atoms with Gasteiger partial charge in [-0.2, -0.15) is 0 Å². The maximum absolute atomic E-state index is 11.9. The molecule has 108 valence electrons. The van der Waals surface area contributed by atoms with Crippen molar-refractivity contribution in [1.29, 1.82) is 0 Å². The zero-order valence-electron chi connectivity index (χ0n) is 11.8. The molecular formula is C16H18Cl2O2. The van der Waals surface area contributed by atoms with E-state index < -0.39 is 0 Å². The fourth-order valence-electron chi connectivity index (χ4n) is 2.53. The maximum atomic E-state index is 11.9. The summed E-state index contributed by atoms with van der Waals surface area (Å²) in [6.45, 7) is 6.34. The summed E-state index contributed by atoms with van der Waals surface area (Å²) in [7, 11) is 0. The average molecular weight is 313 g/mol. The van der Waals surface area contributed by atoms with Crippen LogP contribution in [0.5, 0.6) is 0 Å². The SMILES string of the molecule is CCOC(=O)C1C(C=C(Cl)c2ccc(Cl)cc2)C1(C)C. The van der Waals surface area contributed by atoms with Gasteiger partial charge in [-0.25, -0.2) is 0 Å². The fraction of sp³-hybridized carbons (Fsp3) is 0.438. The van der Waals surface area contributed by atoms with E-state index in [-0.39, 0.29) is 23.2 Å². The number of rotatable bonds is 4. The van der Waals surface area contributed by atoms with Crippen molar-refractivity contribution in [3.8, 4) is 0 Å². The number of ether oxygens (including phenoxy) is 1. The molecule has 0 bridgehead atoms. The molecule has 2 rings (SSSR count). The highest BCUT2D eigenvalue weighted by Gasteiger charge is 2.61.